The number of pyridine rings is 1. The van der Waals surface area contributed by atoms with Gasteiger partial charge in [0, 0.05) is 44.5 Å². The molecule has 0 saturated carbocycles. The molecule has 0 aliphatic rings. The third-order valence-electron chi connectivity index (χ3n) is 4.68. The molecule has 0 radical (unpaired) electrons. The van der Waals surface area contributed by atoms with E-state index in [1.54, 1.807) is 48.8 Å². The smallest absolute Gasteiger partial charge is 0.545 e. The van der Waals surface area contributed by atoms with Crippen LogP contribution in [-0.4, -0.2) is 15.5 Å². The van der Waals surface area contributed by atoms with Gasteiger partial charge in [0.1, 0.15) is 18.2 Å². The summed E-state index contributed by atoms with van der Waals surface area (Å²) >= 11 is 12.0. The SMILES string of the molecule is O=C([O-])c1cncc2c1ccn2Cc1cc(Cl)ccc1OCc1ccc(Cl)cc1F.[Na+]. The fourth-order valence-electron chi connectivity index (χ4n) is 3.20. The van der Waals surface area contributed by atoms with Crippen molar-refractivity contribution in [3.63, 3.8) is 0 Å². The normalized spacial score (nSPS) is 10.7. The number of fused-ring (bicyclic) bond motifs is 1. The Balaban J connectivity index is 0.00000272. The zero-order valence-corrected chi connectivity index (χ0v) is 20.0. The molecule has 0 saturated heterocycles. The van der Waals surface area contributed by atoms with E-state index in [4.69, 9.17) is 27.9 Å². The number of hydrogen-bond acceptors (Lipinski definition) is 4. The van der Waals surface area contributed by atoms with Gasteiger partial charge < -0.3 is 19.2 Å². The molecule has 5 nitrogen and oxygen atoms in total. The molecular formula is C22H14Cl2FN2NaO3. The van der Waals surface area contributed by atoms with Gasteiger partial charge in [-0.15, -0.1) is 0 Å². The van der Waals surface area contributed by atoms with E-state index < -0.39 is 11.8 Å². The maximum Gasteiger partial charge on any atom is 1.00 e. The van der Waals surface area contributed by atoms with Gasteiger partial charge in [0.05, 0.1) is 24.2 Å². The number of halogens is 3. The summed E-state index contributed by atoms with van der Waals surface area (Å²) in [6, 6.07) is 11.2. The van der Waals surface area contributed by atoms with Crippen molar-refractivity contribution in [1.82, 2.24) is 9.55 Å². The molecule has 0 fully saturated rings. The van der Waals surface area contributed by atoms with Crippen LogP contribution in [0.3, 0.4) is 0 Å². The minimum Gasteiger partial charge on any atom is -0.545 e. The molecule has 0 aliphatic heterocycles. The molecule has 0 bridgehead atoms. The zero-order chi connectivity index (χ0) is 21.3. The Morgan fingerprint density at radius 1 is 1.06 bits per heavy atom. The number of carbonyl (C=O) groups is 1. The van der Waals surface area contributed by atoms with Gasteiger partial charge in [-0.3, -0.25) is 4.98 Å². The molecule has 0 unspecified atom stereocenters. The molecule has 0 atom stereocenters. The van der Waals surface area contributed by atoms with Gasteiger partial charge in [0.15, 0.2) is 0 Å². The number of ether oxygens (including phenoxy) is 1. The largest absolute Gasteiger partial charge is 1.00 e. The van der Waals surface area contributed by atoms with Crippen molar-refractivity contribution in [2.24, 2.45) is 0 Å². The average Bonchev–Trinajstić information content (AvgIpc) is 3.11. The molecule has 2 aromatic carbocycles. The van der Waals surface area contributed by atoms with Gasteiger partial charge in [0.2, 0.25) is 0 Å². The van der Waals surface area contributed by atoms with Gasteiger partial charge in [-0.05, 0) is 36.4 Å². The van der Waals surface area contributed by atoms with E-state index in [9.17, 15) is 14.3 Å². The Kier molecular flexibility index (Phi) is 7.62. The first kappa shape index (κ1) is 23.6. The first-order valence-electron chi connectivity index (χ1n) is 8.91. The van der Waals surface area contributed by atoms with Crippen LogP contribution in [0, 0.1) is 5.82 Å². The number of carboxylic acids is 1. The molecule has 152 valence electrons. The Morgan fingerprint density at radius 2 is 1.81 bits per heavy atom. The number of rotatable bonds is 6. The van der Waals surface area contributed by atoms with Crippen molar-refractivity contribution in [1.29, 1.82) is 0 Å². The van der Waals surface area contributed by atoms with Crippen LogP contribution in [0.1, 0.15) is 21.5 Å². The van der Waals surface area contributed by atoms with Crippen LogP contribution >= 0.6 is 23.2 Å². The maximum absolute atomic E-state index is 14.1. The van der Waals surface area contributed by atoms with Crippen LogP contribution in [0.25, 0.3) is 10.9 Å². The number of aromatic carboxylic acids is 1. The first-order chi connectivity index (χ1) is 14.4. The average molecular weight is 467 g/mol. The van der Waals surface area contributed by atoms with Gasteiger partial charge in [-0.1, -0.05) is 29.3 Å². The second-order valence-electron chi connectivity index (χ2n) is 6.63. The summed E-state index contributed by atoms with van der Waals surface area (Å²) in [5.41, 5.74) is 1.76. The Bertz CT molecular complexity index is 1260. The van der Waals surface area contributed by atoms with Crippen molar-refractivity contribution >= 4 is 40.1 Å². The molecule has 31 heavy (non-hydrogen) atoms. The molecule has 2 aromatic heterocycles. The Labute approximate surface area is 209 Å². The van der Waals surface area contributed by atoms with Gasteiger partial charge in [0.25, 0.3) is 0 Å². The monoisotopic (exact) mass is 466 g/mol. The molecule has 4 aromatic rings. The van der Waals surface area contributed by atoms with Crippen LogP contribution in [0.15, 0.2) is 61.1 Å². The quantitative estimate of drug-likeness (QED) is 0.403. The molecule has 0 amide bonds. The number of carbonyl (C=O) groups excluding carboxylic acids is 1. The van der Waals surface area contributed by atoms with Gasteiger partial charge >= 0.3 is 29.6 Å². The van der Waals surface area contributed by atoms with Crippen molar-refractivity contribution in [3.8, 4) is 5.75 Å². The second-order valence-corrected chi connectivity index (χ2v) is 7.50. The van der Waals surface area contributed by atoms with Gasteiger partial charge in [-0.2, -0.15) is 0 Å². The molecule has 0 aliphatic carbocycles. The van der Waals surface area contributed by atoms with E-state index in [-0.39, 0.29) is 41.7 Å². The number of nitrogens with zero attached hydrogens (tertiary/aromatic N) is 2. The maximum atomic E-state index is 14.1. The minimum atomic E-state index is -1.29. The molecule has 4 rings (SSSR count). The van der Waals surface area contributed by atoms with Crippen LogP contribution in [0.5, 0.6) is 5.75 Å². The minimum absolute atomic E-state index is 0. The van der Waals surface area contributed by atoms with Crippen molar-refractivity contribution in [3.05, 3.63) is 93.6 Å². The van der Waals surface area contributed by atoms with E-state index in [0.29, 0.717) is 38.8 Å². The third kappa shape index (κ3) is 5.22. The standard InChI is InChI=1S/C22H15Cl2FN2O3.Na/c23-15-3-4-21(30-12-13-1-2-16(24)8-19(13)25)14(7-15)11-27-6-5-17-18(22(28)29)9-26-10-20(17)27;/h1-10H,11-12H2,(H,28,29);/q;+1/p-1. The number of hydrogen-bond donors (Lipinski definition) is 0. The van der Waals surface area contributed by atoms with Crippen molar-refractivity contribution in [2.45, 2.75) is 13.2 Å². The van der Waals surface area contributed by atoms with E-state index >= 15 is 0 Å². The summed E-state index contributed by atoms with van der Waals surface area (Å²) in [4.78, 5) is 15.3. The van der Waals surface area contributed by atoms with Crippen LogP contribution in [-0.2, 0) is 13.2 Å². The van der Waals surface area contributed by atoms with Crippen molar-refractivity contribution in [2.75, 3.05) is 0 Å². The summed E-state index contributed by atoms with van der Waals surface area (Å²) in [6.07, 6.45) is 4.59. The Hall–Kier alpha value is -2.09. The summed E-state index contributed by atoms with van der Waals surface area (Å²) in [6.45, 7) is 0.362. The molecule has 0 spiro atoms. The van der Waals surface area contributed by atoms with Crippen LogP contribution < -0.4 is 39.4 Å². The summed E-state index contributed by atoms with van der Waals surface area (Å²) in [5.74, 6) is -1.21. The molecule has 2 heterocycles. The molecular weight excluding hydrogens is 453 g/mol. The van der Waals surface area contributed by atoms with Crippen LogP contribution in [0.2, 0.25) is 10.0 Å². The van der Waals surface area contributed by atoms with Crippen molar-refractivity contribution < 1.29 is 48.6 Å². The number of carboxylic acid groups (broad SMARTS) is 1. The fraction of sp³-hybridized carbons (Fsp3) is 0.0909. The van der Waals surface area contributed by atoms with E-state index in [1.807, 2.05) is 4.57 Å². The zero-order valence-electron chi connectivity index (χ0n) is 16.4. The topological polar surface area (TPSA) is 67.2 Å². The van der Waals surface area contributed by atoms with E-state index in [0.717, 1.165) is 5.56 Å². The number of aromatic nitrogens is 2. The predicted octanol–water partition coefficient (Wildman–Crippen LogP) is 1.48. The van der Waals surface area contributed by atoms with Gasteiger partial charge in [-0.25, -0.2) is 4.39 Å². The number of benzene rings is 2. The fourth-order valence-corrected chi connectivity index (χ4v) is 3.55. The Morgan fingerprint density at radius 3 is 2.55 bits per heavy atom. The summed E-state index contributed by atoms with van der Waals surface area (Å²) < 4.78 is 21.7. The predicted molar refractivity (Wildman–Crippen MR) is 110 cm³/mol. The molecule has 9 heteroatoms. The van der Waals surface area contributed by atoms with E-state index in [2.05, 4.69) is 4.98 Å². The molecule has 0 N–H and O–H groups in total. The summed E-state index contributed by atoms with van der Waals surface area (Å²) in [5, 5.41) is 12.7. The first-order valence-corrected chi connectivity index (χ1v) is 9.67. The van der Waals surface area contributed by atoms with E-state index in [1.165, 1.54) is 12.3 Å². The third-order valence-corrected chi connectivity index (χ3v) is 5.15. The second kappa shape index (κ2) is 10.0. The van der Waals surface area contributed by atoms with Crippen LogP contribution in [0.4, 0.5) is 4.39 Å². The summed E-state index contributed by atoms with van der Waals surface area (Å²) in [7, 11) is 0.